The summed E-state index contributed by atoms with van der Waals surface area (Å²) >= 11 is 13.0. The Morgan fingerprint density at radius 3 is 2.71 bits per heavy atom. The minimum Gasteiger partial charge on any atom is -0.355 e. The molecule has 2 aromatic rings. The number of amides is 1. The topological polar surface area (TPSA) is 75.3 Å². The molecule has 2 N–H and O–H groups in total. The maximum atomic E-state index is 12.3. The van der Waals surface area contributed by atoms with Gasteiger partial charge in [-0.25, -0.2) is 8.42 Å². The summed E-state index contributed by atoms with van der Waals surface area (Å²) in [4.78, 5) is 11.5. The van der Waals surface area contributed by atoms with Crippen molar-refractivity contribution < 1.29 is 13.2 Å². The van der Waals surface area contributed by atoms with Gasteiger partial charge in [0.05, 0.1) is 5.02 Å². The lowest BCUT2D eigenvalue weighted by Gasteiger charge is -2.08. The first-order chi connectivity index (χ1) is 9.87. The molecule has 1 amide bonds. The molecule has 0 bridgehead atoms. The Morgan fingerprint density at radius 2 is 2.05 bits per heavy atom. The zero-order chi connectivity index (χ0) is 15.2. The normalized spacial score (nSPS) is 19.1. The Hall–Kier alpha value is -0.860. The molecule has 0 aliphatic carbocycles. The van der Waals surface area contributed by atoms with Crippen molar-refractivity contribution in [2.24, 2.45) is 0 Å². The van der Waals surface area contributed by atoms with Gasteiger partial charge >= 0.3 is 0 Å². The fourth-order valence-electron chi connectivity index (χ4n) is 2.13. The molecular formula is C12H10Cl2N2O3S2. The van der Waals surface area contributed by atoms with E-state index in [1.807, 2.05) is 0 Å². The Balaban J connectivity index is 1.99. The van der Waals surface area contributed by atoms with Crippen LogP contribution in [0.4, 0.5) is 0 Å². The lowest BCUT2D eigenvalue weighted by Crippen LogP contribution is -2.39. The van der Waals surface area contributed by atoms with Gasteiger partial charge in [-0.2, -0.15) is 4.72 Å². The van der Waals surface area contributed by atoms with E-state index >= 15 is 0 Å². The summed E-state index contributed by atoms with van der Waals surface area (Å²) < 4.78 is 27.9. The Morgan fingerprint density at radius 1 is 1.29 bits per heavy atom. The van der Waals surface area contributed by atoms with E-state index in [-0.39, 0.29) is 10.1 Å². The molecule has 1 aromatic heterocycles. The molecular weight excluding hydrogens is 355 g/mol. The monoisotopic (exact) mass is 364 g/mol. The minimum atomic E-state index is -3.76. The molecule has 3 rings (SSSR count). The molecule has 0 saturated carbocycles. The maximum Gasteiger partial charge on any atom is 0.250 e. The van der Waals surface area contributed by atoms with Crippen LogP contribution in [0, 0.1) is 0 Å². The summed E-state index contributed by atoms with van der Waals surface area (Å²) in [6.45, 7) is 0.472. The molecule has 9 heteroatoms. The number of benzene rings is 1. The van der Waals surface area contributed by atoms with Crippen LogP contribution in [-0.2, 0) is 14.8 Å². The molecule has 21 heavy (non-hydrogen) atoms. The van der Waals surface area contributed by atoms with Crippen molar-refractivity contribution in [1.29, 1.82) is 0 Å². The SMILES string of the molecule is O=C1NCC[C@@H]1NS(=O)(=O)c1cc2c(Cl)cc(Cl)cc2s1. The van der Waals surface area contributed by atoms with E-state index in [0.717, 1.165) is 11.3 Å². The molecule has 0 spiro atoms. The van der Waals surface area contributed by atoms with Gasteiger partial charge in [0.15, 0.2) is 0 Å². The number of rotatable bonds is 3. The van der Waals surface area contributed by atoms with Crippen LogP contribution in [-0.4, -0.2) is 26.9 Å². The zero-order valence-corrected chi connectivity index (χ0v) is 13.7. The predicted octanol–water partition coefficient (Wildman–Crippen LogP) is 2.37. The van der Waals surface area contributed by atoms with E-state index in [0.29, 0.717) is 33.1 Å². The molecule has 1 saturated heterocycles. The Kier molecular flexibility index (Phi) is 3.87. The predicted molar refractivity (Wildman–Crippen MR) is 83.6 cm³/mol. The van der Waals surface area contributed by atoms with Gasteiger partial charge in [-0.05, 0) is 24.6 Å². The van der Waals surface area contributed by atoms with Crippen LogP contribution < -0.4 is 10.0 Å². The highest BCUT2D eigenvalue weighted by atomic mass is 35.5. The lowest BCUT2D eigenvalue weighted by molar-refractivity contribution is -0.120. The molecule has 1 aliphatic rings. The van der Waals surface area contributed by atoms with Crippen LogP contribution in [0.3, 0.4) is 0 Å². The highest BCUT2D eigenvalue weighted by Crippen LogP contribution is 2.36. The number of hydrogen-bond acceptors (Lipinski definition) is 4. The van der Waals surface area contributed by atoms with Crippen LogP contribution in [0.1, 0.15) is 6.42 Å². The molecule has 0 unspecified atom stereocenters. The second kappa shape index (κ2) is 5.40. The molecule has 2 heterocycles. The molecule has 1 atom stereocenters. The molecule has 5 nitrogen and oxygen atoms in total. The van der Waals surface area contributed by atoms with Gasteiger partial charge in [0.1, 0.15) is 10.3 Å². The summed E-state index contributed by atoms with van der Waals surface area (Å²) in [7, 11) is -3.76. The van der Waals surface area contributed by atoms with Crippen molar-refractivity contribution in [3.05, 3.63) is 28.2 Å². The van der Waals surface area contributed by atoms with Gasteiger partial charge in [-0.1, -0.05) is 23.2 Å². The lowest BCUT2D eigenvalue weighted by atomic mass is 10.3. The third-order valence-corrected chi connectivity index (χ3v) is 6.70. The summed E-state index contributed by atoms with van der Waals surface area (Å²) in [5, 5.41) is 4.06. The van der Waals surface area contributed by atoms with Gasteiger partial charge in [0, 0.05) is 21.7 Å². The zero-order valence-electron chi connectivity index (χ0n) is 10.5. The van der Waals surface area contributed by atoms with Crippen LogP contribution >= 0.6 is 34.5 Å². The number of sulfonamides is 1. The summed E-state index contributed by atoms with van der Waals surface area (Å²) in [5.41, 5.74) is 0. The quantitative estimate of drug-likeness (QED) is 0.877. The van der Waals surface area contributed by atoms with Crippen LogP contribution in [0.25, 0.3) is 10.1 Å². The fraction of sp³-hybridized carbons (Fsp3) is 0.250. The first kappa shape index (κ1) is 15.1. The number of halogens is 2. The van der Waals surface area contributed by atoms with Gasteiger partial charge in [-0.3, -0.25) is 4.79 Å². The third-order valence-electron chi connectivity index (χ3n) is 3.14. The molecule has 0 radical (unpaired) electrons. The minimum absolute atomic E-state index is 0.112. The highest BCUT2D eigenvalue weighted by Gasteiger charge is 2.30. The van der Waals surface area contributed by atoms with E-state index < -0.39 is 16.1 Å². The smallest absolute Gasteiger partial charge is 0.250 e. The average molecular weight is 365 g/mol. The van der Waals surface area contributed by atoms with E-state index in [1.165, 1.54) is 6.07 Å². The van der Waals surface area contributed by atoms with Gasteiger partial charge < -0.3 is 5.32 Å². The highest BCUT2D eigenvalue weighted by molar-refractivity contribution is 7.91. The number of carbonyl (C=O) groups excluding carboxylic acids is 1. The fourth-order valence-corrected chi connectivity index (χ4v) is 5.49. The number of nitrogens with one attached hydrogen (secondary N) is 2. The molecule has 1 aliphatic heterocycles. The second-order valence-corrected chi connectivity index (χ2v) is 8.49. The molecule has 1 fully saturated rings. The number of hydrogen-bond donors (Lipinski definition) is 2. The van der Waals surface area contributed by atoms with Crippen molar-refractivity contribution >= 4 is 60.6 Å². The van der Waals surface area contributed by atoms with Crippen molar-refractivity contribution in [1.82, 2.24) is 10.0 Å². The van der Waals surface area contributed by atoms with Gasteiger partial charge in [-0.15, -0.1) is 11.3 Å². The van der Waals surface area contributed by atoms with Crippen molar-refractivity contribution in [3.63, 3.8) is 0 Å². The summed E-state index contributed by atoms with van der Waals surface area (Å²) in [5.74, 6) is -0.305. The second-order valence-electron chi connectivity index (χ2n) is 4.62. The number of fused-ring (bicyclic) bond motifs is 1. The standard InChI is InChI=1S/C12H10Cl2N2O3S2/c13-6-3-8(14)7-5-11(20-10(7)4-6)21(18,19)16-9-1-2-15-12(9)17/h3-5,9,16H,1-2H2,(H,15,17)/t9-/m0/s1. The number of carbonyl (C=O) groups is 1. The molecule has 1 aromatic carbocycles. The summed E-state index contributed by atoms with van der Waals surface area (Å²) in [6, 6.07) is 3.99. The summed E-state index contributed by atoms with van der Waals surface area (Å²) in [6.07, 6.45) is 0.440. The first-order valence-corrected chi connectivity index (χ1v) is 9.11. The maximum absolute atomic E-state index is 12.3. The molecule has 112 valence electrons. The van der Waals surface area contributed by atoms with E-state index in [1.54, 1.807) is 12.1 Å². The van der Waals surface area contributed by atoms with Crippen LogP contribution in [0.2, 0.25) is 10.0 Å². The van der Waals surface area contributed by atoms with E-state index in [9.17, 15) is 13.2 Å². The number of thiophene rings is 1. The van der Waals surface area contributed by atoms with E-state index in [4.69, 9.17) is 23.2 Å². The van der Waals surface area contributed by atoms with Crippen molar-refractivity contribution in [2.75, 3.05) is 6.54 Å². The van der Waals surface area contributed by atoms with Crippen LogP contribution in [0.15, 0.2) is 22.4 Å². The Bertz CT molecular complexity index is 832. The van der Waals surface area contributed by atoms with Crippen LogP contribution in [0.5, 0.6) is 0 Å². The first-order valence-electron chi connectivity index (χ1n) is 6.05. The average Bonchev–Trinajstić information content (AvgIpc) is 2.96. The van der Waals surface area contributed by atoms with Crippen molar-refractivity contribution in [3.8, 4) is 0 Å². The van der Waals surface area contributed by atoms with E-state index in [2.05, 4.69) is 10.0 Å². The van der Waals surface area contributed by atoms with Gasteiger partial charge in [0.2, 0.25) is 5.91 Å². The largest absolute Gasteiger partial charge is 0.355 e. The van der Waals surface area contributed by atoms with Gasteiger partial charge in [0.25, 0.3) is 10.0 Å². The third kappa shape index (κ3) is 2.89. The van der Waals surface area contributed by atoms with Crippen molar-refractivity contribution in [2.45, 2.75) is 16.7 Å². The Labute approximate surface area is 135 Å².